The molecule has 2 atom stereocenters. The van der Waals surface area contributed by atoms with E-state index in [1.807, 2.05) is 4.90 Å². The van der Waals surface area contributed by atoms with Crippen molar-refractivity contribution < 1.29 is 9.53 Å². The van der Waals surface area contributed by atoms with Gasteiger partial charge in [0, 0.05) is 18.5 Å². The minimum atomic E-state index is 0.0640. The first kappa shape index (κ1) is 10.2. The molecule has 2 fully saturated rings. The van der Waals surface area contributed by atoms with E-state index >= 15 is 0 Å². The van der Waals surface area contributed by atoms with Crippen molar-refractivity contribution in [2.24, 2.45) is 5.92 Å². The number of rotatable bonds is 1. The van der Waals surface area contributed by atoms with E-state index in [1.54, 1.807) is 0 Å². The second kappa shape index (κ2) is 4.49. The van der Waals surface area contributed by atoms with Crippen molar-refractivity contribution in [3.8, 4) is 0 Å². The van der Waals surface area contributed by atoms with Crippen LogP contribution in [0.5, 0.6) is 0 Å². The van der Waals surface area contributed by atoms with Crippen LogP contribution in [0.4, 0.5) is 0 Å². The molecule has 0 unspecified atom stereocenters. The Morgan fingerprint density at radius 2 is 2.36 bits per heavy atom. The average Bonchev–Trinajstić information content (AvgIpc) is 2.57. The first-order valence-corrected chi connectivity index (χ1v) is 5.79. The molecule has 1 aliphatic heterocycles. The van der Waals surface area contributed by atoms with Crippen molar-refractivity contribution in [3.63, 3.8) is 0 Å². The summed E-state index contributed by atoms with van der Waals surface area (Å²) in [6.45, 7) is 2.19. The molecular formula is C10H16ClNO2. The average molecular weight is 218 g/mol. The van der Waals surface area contributed by atoms with E-state index in [1.165, 1.54) is 12.8 Å². The fraction of sp³-hybridized carbons (Fsp3) is 0.900. The van der Waals surface area contributed by atoms with Crippen LogP contribution < -0.4 is 0 Å². The molecule has 2 aliphatic rings. The highest BCUT2D eigenvalue weighted by Crippen LogP contribution is 2.31. The standard InChI is InChI=1S/C10H16ClNO2/c11-6-10(13)12-4-5-14-7-8-2-1-3-9(8)12/h8-9H,1-7H2/t8-,9+/m1/s1. The Balaban J connectivity index is 2.08. The summed E-state index contributed by atoms with van der Waals surface area (Å²) in [5, 5.41) is 0. The van der Waals surface area contributed by atoms with Crippen molar-refractivity contribution in [2.75, 3.05) is 25.6 Å². The maximum absolute atomic E-state index is 11.6. The maximum Gasteiger partial charge on any atom is 0.237 e. The lowest BCUT2D eigenvalue weighted by Gasteiger charge is -2.29. The number of carbonyl (C=O) groups is 1. The summed E-state index contributed by atoms with van der Waals surface area (Å²) in [6, 6.07) is 0.392. The van der Waals surface area contributed by atoms with Gasteiger partial charge in [-0.1, -0.05) is 6.42 Å². The Bertz CT molecular complexity index is 222. The van der Waals surface area contributed by atoms with Crippen molar-refractivity contribution in [1.82, 2.24) is 4.90 Å². The van der Waals surface area contributed by atoms with Gasteiger partial charge < -0.3 is 9.64 Å². The van der Waals surface area contributed by atoms with Crippen molar-refractivity contribution in [1.29, 1.82) is 0 Å². The number of carbonyl (C=O) groups excluding carboxylic acids is 1. The number of nitrogens with zero attached hydrogens (tertiary/aromatic N) is 1. The van der Waals surface area contributed by atoms with Crippen LogP contribution in [-0.2, 0) is 9.53 Å². The molecule has 0 bridgehead atoms. The SMILES string of the molecule is O=C(CCl)N1CCOC[C@H]2CCC[C@@H]21. The number of halogens is 1. The lowest BCUT2D eigenvalue weighted by Crippen LogP contribution is -2.43. The van der Waals surface area contributed by atoms with Gasteiger partial charge >= 0.3 is 0 Å². The molecule has 3 nitrogen and oxygen atoms in total. The third-order valence-corrected chi connectivity index (χ3v) is 3.49. The third-order valence-electron chi connectivity index (χ3n) is 3.26. The smallest absolute Gasteiger partial charge is 0.237 e. The largest absolute Gasteiger partial charge is 0.379 e. The van der Waals surface area contributed by atoms with Crippen LogP contribution in [-0.4, -0.2) is 42.5 Å². The van der Waals surface area contributed by atoms with Crippen LogP contribution in [0.2, 0.25) is 0 Å². The van der Waals surface area contributed by atoms with E-state index in [-0.39, 0.29) is 11.8 Å². The Kier molecular flexibility index (Phi) is 3.29. The zero-order chi connectivity index (χ0) is 9.97. The predicted octanol–water partition coefficient (Wildman–Crippen LogP) is 1.25. The second-order valence-electron chi connectivity index (χ2n) is 4.05. The molecule has 14 heavy (non-hydrogen) atoms. The summed E-state index contributed by atoms with van der Waals surface area (Å²) < 4.78 is 5.50. The van der Waals surface area contributed by atoms with Crippen molar-refractivity contribution >= 4 is 17.5 Å². The summed E-state index contributed by atoms with van der Waals surface area (Å²) in [7, 11) is 0. The molecule has 0 aromatic rings. The number of hydrogen-bond donors (Lipinski definition) is 0. The monoisotopic (exact) mass is 217 g/mol. The number of fused-ring (bicyclic) bond motifs is 1. The van der Waals surface area contributed by atoms with Crippen LogP contribution in [0, 0.1) is 5.92 Å². The van der Waals surface area contributed by atoms with Gasteiger partial charge in [-0.3, -0.25) is 4.79 Å². The Morgan fingerprint density at radius 1 is 1.50 bits per heavy atom. The molecule has 4 heteroatoms. The lowest BCUT2D eigenvalue weighted by molar-refractivity contribution is -0.131. The van der Waals surface area contributed by atoms with Crippen LogP contribution in [0.25, 0.3) is 0 Å². The molecule has 2 rings (SSSR count). The zero-order valence-corrected chi connectivity index (χ0v) is 9.00. The van der Waals surface area contributed by atoms with Gasteiger partial charge in [0.25, 0.3) is 0 Å². The summed E-state index contributed by atoms with van der Waals surface area (Å²) in [4.78, 5) is 13.5. The minimum Gasteiger partial charge on any atom is -0.379 e. The van der Waals surface area contributed by atoms with E-state index in [9.17, 15) is 4.79 Å². The Hall–Kier alpha value is -0.280. The van der Waals surface area contributed by atoms with Crippen molar-refractivity contribution in [3.05, 3.63) is 0 Å². The van der Waals surface area contributed by atoms with Gasteiger partial charge in [0.05, 0.1) is 13.2 Å². The van der Waals surface area contributed by atoms with Crippen LogP contribution in [0.3, 0.4) is 0 Å². The lowest BCUT2D eigenvalue weighted by atomic mass is 10.0. The molecule has 1 aliphatic carbocycles. The third kappa shape index (κ3) is 1.89. The van der Waals surface area contributed by atoms with Gasteiger partial charge in [-0.15, -0.1) is 11.6 Å². The van der Waals surface area contributed by atoms with E-state index in [0.29, 0.717) is 25.1 Å². The summed E-state index contributed by atoms with van der Waals surface area (Å²) in [5.74, 6) is 0.710. The molecule has 1 saturated carbocycles. The highest BCUT2D eigenvalue weighted by molar-refractivity contribution is 6.27. The number of amides is 1. The summed E-state index contributed by atoms with van der Waals surface area (Å²) in [6.07, 6.45) is 3.53. The number of alkyl halides is 1. The quantitative estimate of drug-likeness (QED) is 0.619. The Labute approximate surface area is 89.4 Å². The molecule has 0 N–H and O–H groups in total. The van der Waals surface area contributed by atoms with Crippen molar-refractivity contribution in [2.45, 2.75) is 25.3 Å². The van der Waals surface area contributed by atoms with Gasteiger partial charge in [0.15, 0.2) is 0 Å². The molecule has 80 valence electrons. The highest BCUT2D eigenvalue weighted by Gasteiger charge is 2.35. The first-order chi connectivity index (χ1) is 6.83. The molecule has 0 radical (unpaired) electrons. The topological polar surface area (TPSA) is 29.5 Å². The second-order valence-corrected chi connectivity index (χ2v) is 4.32. The first-order valence-electron chi connectivity index (χ1n) is 5.26. The van der Waals surface area contributed by atoms with Gasteiger partial charge in [-0.05, 0) is 12.8 Å². The molecule has 1 amide bonds. The van der Waals surface area contributed by atoms with Gasteiger partial charge in [0.2, 0.25) is 5.91 Å². The predicted molar refractivity (Wildman–Crippen MR) is 54.4 cm³/mol. The van der Waals surface area contributed by atoms with Gasteiger partial charge in [-0.25, -0.2) is 0 Å². The molecule has 0 spiro atoms. The molecular weight excluding hydrogens is 202 g/mol. The summed E-state index contributed by atoms with van der Waals surface area (Å²) in [5.41, 5.74) is 0. The minimum absolute atomic E-state index is 0.0640. The van der Waals surface area contributed by atoms with Crippen LogP contribution in [0.1, 0.15) is 19.3 Å². The normalized spacial score (nSPS) is 32.5. The molecule has 1 saturated heterocycles. The van der Waals surface area contributed by atoms with E-state index < -0.39 is 0 Å². The fourth-order valence-corrected chi connectivity index (χ4v) is 2.73. The molecule has 0 aromatic heterocycles. The number of hydrogen-bond acceptors (Lipinski definition) is 2. The number of ether oxygens (including phenoxy) is 1. The van der Waals surface area contributed by atoms with E-state index in [2.05, 4.69) is 0 Å². The van der Waals surface area contributed by atoms with Crippen LogP contribution in [0.15, 0.2) is 0 Å². The Morgan fingerprint density at radius 3 is 3.14 bits per heavy atom. The highest BCUT2D eigenvalue weighted by atomic mass is 35.5. The van der Waals surface area contributed by atoms with E-state index in [0.717, 1.165) is 13.0 Å². The molecule has 0 aromatic carbocycles. The summed E-state index contributed by atoms with van der Waals surface area (Å²) >= 11 is 5.60. The van der Waals surface area contributed by atoms with E-state index in [4.69, 9.17) is 16.3 Å². The van der Waals surface area contributed by atoms with Gasteiger partial charge in [0.1, 0.15) is 5.88 Å². The fourth-order valence-electron chi connectivity index (χ4n) is 2.57. The zero-order valence-electron chi connectivity index (χ0n) is 8.25. The maximum atomic E-state index is 11.6. The molecule has 1 heterocycles. The van der Waals surface area contributed by atoms with Crippen LogP contribution >= 0.6 is 11.6 Å². The van der Waals surface area contributed by atoms with Gasteiger partial charge in [-0.2, -0.15) is 0 Å².